The van der Waals surface area contributed by atoms with Crippen molar-refractivity contribution in [3.8, 4) is 0 Å². The molecule has 0 saturated carbocycles. The summed E-state index contributed by atoms with van der Waals surface area (Å²) in [6.45, 7) is 7.96. The van der Waals surface area contributed by atoms with Crippen molar-refractivity contribution in [1.29, 1.82) is 0 Å². The van der Waals surface area contributed by atoms with E-state index in [9.17, 15) is 0 Å². The van der Waals surface area contributed by atoms with Crippen LogP contribution in [-0.4, -0.2) is 13.2 Å². The first-order valence-corrected chi connectivity index (χ1v) is 4.15. The molecular weight excluding hydrogens is 124 g/mol. The molecule has 1 fully saturated rings. The summed E-state index contributed by atoms with van der Waals surface area (Å²) in [5, 5.41) is 0. The molecule has 1 nitrogen and oxygen atoms in total. The Hall–Kier alpha value is -0.300. The topological polar surface area (TPSA) is 9.23 Å². The lowest BCUT2D eigenvalue weighted by molar-refractivity contribution is 0.119. The first-order chi connectivity index (χ1) is 4.93. The predicted molar refractivity (Wildman–Crippen MR) is 45.2 cm³/mol. The lowest BCUT2D eigenvalue weighted by Crippen LogP contribution is -2.06. The maximum Gasteiger partial charge on any atom is 0.0503 e. The van der Waals surface area contributed by atoms with E-state index in [4.69, 9.17) is 4.74 Å². The van der Waals surface area contributed by atoms with Crippen LogP contribution in [0.4, 0.5) is 0 Å². The zero-order valence-electron chi connectivity index (χ0n) is 7.31. The molecule has 0 spiro atoms. The van der Waals surface area contributed by atoms with Crippen LogP contribution in [0.2, 0.25) is 0 Å². The van der Waals surface area contributed by atoms with Crippen LogP contribution < -0.4 is 0 Å². The zero-order valence-corrected chi connectivity index (χ0v) is 7.31. The van der Waals surface area contributed by atoms with Crippen molar-refractivity contribution >= 4 is 0 Å². The molecule has 1 heterocycles. The van der Waals surface area contributed by atoms with Crippen molar-refractivity contribution in [2.45, 2.75) is 33.6 Å². The Labute approximate surface area is 64.1 Å². The van der Waals surface area contributed by atoms with E-state index < -0.39 is 0 Å². The highest BCUT2D eigenvalue weighted by atomic mass is 16.5. The Morgan fingerprint density at radius 2 is 1.70 bits per heavy atom. The van der Waals surface area contributed by atoms with Crippen molar-refractivity contribution in [3.63, 3.8) is 0 Å². The van der Waals surface area contributed by atoms with Gasteiger partial charge in [0.15, 0.2) is 0 Å². The summed E-state index contributed by atoms with van der Waals surface area (Å²) >= 11 is 0. The van der Waals surface area contributed by atoms with Crippen LogP contribution in [0.25, 0.3) is 0 Å². The summed E-state index contributed by atoms with van der Waals surface area (Å²) in [7, 11) is 0. The summed E-state index contributed by atoms with van der Waals surface area (Å²) in [5.74, 6) is 0. The highest BCUT2D eigenvalue weighted by molar-refractivity contribution is 5.01. The SMILES string of the molecule is CC.CC=C1CCOCC1. The van der Waals surface area contributed by atoms with Crippen LogP contribution in [0.5, 0.6) is 0 Å². The molecule has 10 heavy (non-hydrogen) atoms. The summed E-state index contributed by atoms with van der Waals surface area (Å²) in [5.41, 5.74) is 1.55. The molecule has 0 radical (unpaired) electrons. The first kappa shape index (κ1) is 9.70. The van der Waals surface area contributed by atoms with Gasteiger partial charge in [-0.2, -0.15) is 0 Å². The van der Waals surface area contributed by atoms with E-state index in [0.717, 1.165) is 26.1 Å². The fourth-order valence-corrected chi connectivity index (χ4v) is 0.922. The normalized spacial score (nSPS) is 17.3. The Morgan fingerprint density at radius 1 is 1.20 bits per heavy atom. The lowest BCUT2D eigenvalue weighted by atomic mass is 10.1. The second kappa shape index (κ2) is 6.81. The van der Waals surface area contributed by atoms with E-state index in [1.807, 2.05) is 13.8 Å². The van der Waals surface area contributed by atoms with Gasteiger partial charge >= 0.3 is 0 Å². The molecule has 1 aliphatic rings. The fraction of sp³-hybridized carbons (Fsp3) is 0.778. The van der Waals surface area contributed by atoms with Gasteiger partial charge in [-0.05, 0) is 19.8 Å². The third-order valence-electron chi connectivity index (χ3n) is 1.54. The standard InChI is InChI=1S/C7H12O.C2H6/c1-2-7-3-5-8-6-4-7;1-2/h2H,3-6H2,1H3;1-2H3. The molecule has 0 aromatic rings. The molecule has 0 amide bonds. The van der Waals surface area contributed by atoms with Crippen molar-refractivity contribution in [2.75, 3.05) is 13.2 Å². The number of hydrogen-bond acceptors (Lipinski definition) is 1. The monoisotopic (exact) mass is 142 g/mol. The van der Waals surface area contributed by atoms with Gasteiger partial charge in [0.2, 0.25) is 0 Å². The minimum Gasteiger partial charge on any atom is -0.381 e. The number of ether oxygens (including phenoxy) is 1. The molecule has 1 rings (SSSR count). The average Bonchev–Trinajstić information content (AvgIpc) is 2.10. The van der Waals surface area contributed by atoms with Gasteiger partial charge in [-0.15, -0.1) is 0 Å². The van der Waals surface area contributed by atoms with Gasteiger partial charge in [0.25, 0.3) is 0 Å². The van der Waals surface area contributed by atoms with Gasteiger partial charge in [-0.25, -0.2) is 0 Å². The smallest absolute Gasteiger partial charge is 0.0503 e. The molecule has 1 aliphatic heterocycles. The zero-order chi connectivity index (χ0) is 7.82. The Kier molecular flexibility index (Phi) is 6.61. The maximum absolute atomic E-state index is 5.16. The molecule has 0 bridgehead atoms. The van der Waals surface area contributed by atoms with Crippen LogP contribution >= 0.6 is 0 Å². The summed E-state index contributed by atoms with van der Waals surface area (Å²) in [6, 6.07) is 0. The molecule has 60 valence electrons. The van der Waals surface area contributed by atoms with Crippen molar-refractivity contribution in [1.82, 2.24) is 0 Å². The van der Waals surface area contributed by atoms with E-state index in [-0.39, 0.29) is 0 Å². The van der Waals surface area contributed by atoms with Crippen LogP contribution in [0, 0.1) is 0 Å². The van der Waals surface area contributed by atoms with E-state index in [0.29, 0.717) is 0 Å². The highest BCUT2D eigenvalue weighted by Gasteiger charge is 2.01. The summed E-state index contributed by atoms with van der Waals surface area (Å²) in [4.78, 5) is 0. The largest absolute Gasteiger partial charge is 0.381 e. The van der Waals surface area contributed by atoms with E-state index in [2.05, 4.69) is 13.0 Å². The minimum atomic E-state index is 0.930. The Bertz CT molecular complexity index is 86.9. The Morgan fingerprint density at radius 3 is 2.00 bits per heavy atom. The van der Waals surface area contributed by atoms with Crippen LogP contribution in [0.3, 0.4) is 0 Å². The molecular formula is C9H18O. The molecule has 0 unspecified atom stereocenters. The van der Waals surface area contributed by atoms with E-state index in [1.54, 1.807) is 5.57 Å². The van der Waals surface area contributed by atoms with Gasteiger partial charge in [0, 0.05) is 0 Å². The van der Waals surface area contributed by atoms with Crippen LogP contribution in [0.15, 0.2) is 11.6 Å². The number of rotatable bonds is 0. The van der Waals surface area contributed by atoms with Gasteiger partial charge in [0.05, 0.1) is 13.2 Å². The van der Waals surface area contributed by atoms with Gasteiger partial charge in [0.1, 0.15) is 0 Å². The second-order valence-electron chi connectivity index (χ2n) is 2.06. The Balaban J connectivity index is 0.000000371. The summed E-state index contributed by atoms with van der Waals surface area (Å²) < 4.78 is 5.16. The van der Waals surface area contributed by atoms with Crippen molar-refractivity contribution < 1.29 is 4.74 Å². The summed E-state index contributed by atoms with van der Waals surface area (Å²) in [6.07, 6.45) is 4.50. The molecule has 0 aromatic carbocycles. The third kappa shape index (κ3) is 3.67. The van der Waals surface area contributed by atoms with Gasteiger partial charge in [-0.3, -0.25) is 0 Å². The highest BCUT2D eigenvalue weighted by Crippen LogP contribution is 2.11. The van der Waals surface area contributed by atoms with Gasteiger partial charge < -0.3 is 4.74 Å². The van der Waals surface area contributed by atoms with Gasteiger partial charge in [-0.1, -0.05) is 25.5 Å². The average molecular weight is 142 g/mol. The minimum absolute atomic E-state index is 0.930. The van der Waals surface area contributed by atoms with E-state index >= 15 is 0 Å². The maximum atomic E-state index is 5.16. The molecule has 0 aromatic heterocycles. The molecule has 0 atom stereocenters. The van der Waals surface area contributed by atoms with Crippen LogP contribution in [-0.2, 0) is 4.74 Å². The predicted octanol–water partition coefficient (Wildman–Crippen LogP) is 2.77. The molecule has 1 saturated heterocycles. The molecule has 0 N–H and O–H groups in total. The van der Waals surface area contributed by atoms with Crippen molar-refractivity contribution in [2.24, 2.45) is 0 Å². The number of allylic oxidation sites excluding steroid dienone is 1. The van der Waals surface area contributed by atoms with Crippen LogP contribution in [0.1, 0.15) is 33.6 Å². The third-order valence-corrected chi connectivity index (χ3v) is 1.54. The van der Waals surface area contributed by atoms with E-state index in [1.165, 1.54) is 0 Å². The number of hydrogen-bond donors (Lipinski definition) is 0. The second-order valence-corrected chi connectivity index (χ2v) is 2.06. The molecule has 0 aliphatic carbocycles. The molecule has 1 heteroatoms. The fourth-order valence-electron chi connectivity index (χ4n) is 0.922. The van der Waals surface area contributed by atoms with Crippen molar-refractivity contribution in [3.05, 3.63) is 11.6 Å². The quantitative estimate of drug-likeness (QED) is 0.472. The lowest BCUT2D eigenvalue weighted by Gasteiger charge is -2.13. The first-order valence-electron chi connectivity index (χ1n) is 4.15.